The monoisotopic (exact) mass is 708 g/mol. The summed E-state index contributed by atoms with van der Waals surface area (Å²) in [7, 11) is 0. The first-order valence-corrected chi connectivity index (χ1v) is 17.4. The number of alkyl halides is 3. The molecule has 8 heteroatoms. The number of fused-ring (bicyclic) bond motifs is 6. The van der Waals surface area contributed by atoms with Crippen LogP contribution in [0.5, 0.6) is 0 Å². The summed E-state index contributed by atoms with van der Waals surface area (Å²) in [6, 6.07) is 50.9. The highest BCUT2D eigenvalue weighted by molar-refractivity contribution is 6.10. The van der Waals surface area contributed by atoms with Crippen LogP contribution in [0, 0.1) is 0 Å². The molecule has 0 atom stereocenters. The minimum absolute atomic E-state index is 0.382. The molecule has 0 aliphatic rings. The number of para-hydroxylation sites is 2. The maximum atomic E-state index is 14.2. The van der Waals surface area contributed by atoms with Gasteiger partial charge in [-0.05, 0) is 59.7 Å². The molecule has 0 fully saturated rings. The molecule has 3 heterocycles. The van der Waals surface area contributed by atoms with Crippen LogP contribution in [0.2, 0.25) is 0 Å². The van der Waals surface area contributed by atoms with Crippen LogP contribution in [-0.4, -0.2) is 19.5 Å². The lowest BCUT2D eigenvalue weighted by molar-refractivity contribution is -0.137. The fraction of sp³-hybridized carbons (Fsp3) is 0.0217. The third-order valence-corrected chi connectivity index (χ3v) is 9.89. The summed E-state index contributed by atoms with van der Waals surface area (Å²) in [5.41, 5.74) is 6.71. The largest absolute Gasteiger partial charge is 0.456 e. The van der Waals surface area contributed by atoms with Crippen molar-refractivity contribution < 1.29 is 17.6 Å². The maximum Gasteiger partial charge on any atom is 0.416 e. The molecule has 0 spiro atoms. The molecule has 7 aromatic carbocycles. The fourth-order valence-electron chi connectivity index (χ4n) is 7.33. The number of hydrogen-bond acceptors (Lipinski definition) is 4. The smallest absolute Gasteiger partial charge is 0.416 e. The van der Waals surface area contributed by atoms with Crippen molar-refractivity contribution in [3.05, 3.63) is 169 Å². The van der Waals surface area contributed by atoms with Crippen molar-refractivity contribution in [2.75, 3.05) is 0 Å². The summed E-state index contributed by atoms with van der Waals surface area (Å²) >= 11 is 0. The predicted molar refractivity (Wildman–Crippen MR) is 208 cm³/mol. The number of furan rings is 1. The van der Waals surface area contributed by atoms with Crippen LogP contribution in [0.1, 0.15) is 5.56 Å². The van der Waals surface area contributed by atoms with Gasteiger partial charge >= 0.3 is 6.18 Å². The standard InChI is InChI=1S/C46H27F3N4O/c47-46(48,49)32-21-22-34-33-15-7-9-17-38(33)53(40(34)27-32)39-23-19-30(31-20-24-42-36(25-31)35-16-8-10-18-41(35)54-42)26-37(39)45-51-43(28-11-3-1-4-12-28)50-44(52-45)29-13-5-2-6-14-29/h1-27H. The van der Waals surface area contributed by atoms with Crippen molar-refractivity contribution in [3.63, 3.8) is 0 Å². The van der Waals surface area contributed by atoms with E-state index in [1.807, 2.05) is 144 Å². The lowest BCUT2D eigenvalue weighted by Gasteiger charge is -2.17. The van der Waals surface area contributed by atoms with Gasteiger partial charge in [0.2, 0.25) is 0 Å². The molecule has 0 N–H and O–H groups in total. The molecule has 5 nitrogen and oxygen atoms in total. The molecule has 10 rings (SSSR count). The van der Waals surface area contributed by atoms with Crippen LogP contribution in [0.4, 0.5) is 13.2 Å². The van der Waals surface area contributed by atoms with Gasteiger partial charge in [-0.25, -0.2) is 15.0 Å². The molecule has 0 radical (unpaired) electrons. The Morgan fingerprint density at radius 2 is 1.00 bits per heavy atom. The van der Waals surface area contributed by atoms with Crippen LogP contribution in [0.3, 0.4) is 0 Å². The minimum Gasteiger partial charge on any atom is -0.456 e. The van der Waals surface area contributed by atoms with Crippen molar-refractivity contribution >= 4 is 43.7 Å². The predicted octanol–water partition coefficient (Wildman–Crippen LogP) is 12.6. The SMILES string of the molecule is FC(F)(F)c1ccc2c3ccccc3n(-c3ccc(-c4ccc5oc6ccccc6c5c4)cc3-c3nc(-c4ccccc4)nc(-c4ccccc4)n3)c2c1. The third-order valence-electron chi connectivity index (χ3n) is 9.89. The summed E-state index contributed by atoms with van der Waals surface area (Å²) < 4.78 is 50.7. The van der Waals surface area contributed by atoms with Gasteiger partial charge in [-0.2, -0.15) is 13.2 Å². The molecular formula is C46H27F3N4O. The zero-order valence-corrected chi connectivity index (χ0v) is 28.4. The number of aromatic nitrogens is 4. The van der Waals surface area contributed by atoms with E-state index in [4.69, 9.17) is 19.4 Å². The molecule has 0 aliphatic carbocycles. The molecule has 10 aromatic rings. The Labute approximate surface area is 306 Å². The van der Waals surface area contributed by atoms with E-state index < -0.39 is 11.7 Å². The number of rotatable bonds is 5. The molecule has 258 valence electrons. The second-order valence-corrected chi connectivity index (χ2v) is 13.2. The van der Waals surface area contributed by atoms with Gasteiger partial charge in [-0.15, -0.1) is 0 Å². The van der Waals surface area contributed by atoms with Gasteiger partial charge in [0.05, 0.1) is 22.3 Å². The molecule has 3 aromatic heterocycles. The first-order valence-electron chi connectivity index (χ1n) is 17.4. The number of benzene rings is 7. The van der Waals surface area contributed by atoms with E-state index in [2.05, 4.69) is 6.07 Å². The Hall–Kier alpha value is -7.06. The zero-order chi connectivity index (χ0) is 36.4. The minimum atomic E-state index is -4.53. The Kier molecular flexibility index (Phi) is 7.20. The van der Waals surface area contributed by atoms with Gasteiger partial charge < -0.3 is 8.98 Å². The van der Waals surface area contributed by atoms with Crippen LogP contribution in [0.15, 0.2) is 168 Å². The number of hydrogen-bond donors (Lipinski definition) is 0. The van der Waals surface area contributed by atoms with Gasteiger partial charge in [0.15, 0.2) is 17.5 Å². The van der Waals surface area contributed by atoms with E-state index in [1.165, 1.54) is 6.07 Å². The summed E-state index contributed by atoms with van der Waals surface area (Å²) in [6.07, 6.45) is -4.53. The van der Waals surface area contributed by atoms with Crippen molar-refractivity contribution in [3.8, 4) is 51.0 Å². The zero-order valence-electron chi connectivity index (χ0n) is 28.4. The molecule has 0 amide bonds. The lowest BCUT2D eigenvalue weighted by Crippen LogP contribution is -2.06. The van der Waals surface area contributed by atoms with Gasteiger partial charge in [0.25, 0.3) is 0 Å². The van der Waals surface area contributed by atoms with Crippen LogP contribution >= 0.6 is 0 Å². The van der Waals surface area contributed by atoms with Crippen LogP contribution in [-0.2, 0) is 6.18 Å². The van der Waals surface area contributed by atoms with E-state index >= 15 is 0 Å². The fourth-order valence-corrected chi connectivity index (χ4v) is 7.33. The normalized spacial score (nSPS) is 12.0. The van der Waals surface area contributed by atoms with Gasteiger partial charge in [0, 0.05) is 38.2 Å². The lowest BCUT2D eigenvalue weighted by atomic mass is 9.99. The average molecular weight is 709 g/mol. The summed E-state index contributed by atoms with van der Waals surface area (Å²) in [6.45, 7) is 0. The first kappa shape index (κ1) is 31.7. The van der Waals surface area contributed by atoms with Crippen molar-refractivity contribution in [1.82, 2.24) is 19.5 Å². The average Bonchev–Trinajstić information content (AvgIpc) is 3.76. The molecule has 0 saturated carbocycles. The van der Waals surface area contributed by atoms with E-state index in [0.29, 0.717) is 39.6 Å². The summed E-state index contributed by atoms with van der Waals surface area (Å²) in [5, 5.41) is 3.53. The Balaban J connectivity index is 1.28. The third kappa shape index (κ3) is 5.30. The first-order chi connectivity index (χ1) is 26.4. The topological polar surface area (TPSA) is 56.7 Å². The number of nitrogens with zero attached hydrogens (tertiary/aromatic N) is 4. The summed E-state index contributed by atoms with van der Waals surface area (Å²) in [5.74, 6) is 1.33. The van der Waals surface area contributed by atoms with Crippen LogP contribution in [0.25, 0.3) is 94.7 Å². The summed E-state index contributed by atoms with van der Waals surface area (Å²) in [4.78, 5) is 15.1. The van der Waals surface area contributed by atoms with Crippen LogP contribution < -0.4 is 0 Å². The molecule has 0 bridgehead atoms. The maximum absolute atomic E-state index is 14.2. The van der Waals surface area contributed by atoms with Gasteiger partial charge in [-0.1, -0.05) is 115 Å². The molecule has 0 unspecified atom stereocenters. The quantitative estimate of drug-likeness (QED) is 0.179. The van der Waals surface area contributed by atoms with Crippen molar-refractivity contribution in [2.45, 2.75) is 6.18 Å². The Morgan fingerprint density at radius 3 is 1.72 bits per heavy atom. The molecule has 54 heavy (non-hydrogen) atoms. The van der Waals surface area contributed by atoms with E-state index in [9.17, 15) is 13.2 Å². The van der Waals surface area contributed by atoms with Gasteiger partial charge in [0.1, 0.15) is 11.2 Å². The second kappa shape index (κ2) is 12.3. The highest BCUT2D eigenvalue weighted by Gasteiger charge is 2.31. The Morgan fingerprint density at radius 1 is 0.426 bits per heavy atom. The van der Waals surface area contributed by atoms with Crippen molar-refractivity contribution in [1.29, 1.82) is 0 Å². The number of halogens is 3. The van der Waals surface area contributed by atoms with E-state index in [0.717, 1.165) is 61.2 Å². The molecule has 0 saturated heterocycles. The molecular weight excluding hydrogens is 682 g/mol. The molecule has 0 aliphatic heterocycles. The second-order valence-electron chi connectivity index (χ2n) is 13.2. The highest BCUT2D eigenvalue weighted by atomic mass is 19.4. The van der Waals surface area contributed by atoms with E-state index in [1.54, 1.807) is 6.07 Å². The van der Waals surface area contributed by atoms with Gasteiger partial charge in [-0.3, -0.25) is 0 Å². The van der Waals surface area contributed by atoms with Crippen molar-refractivity contribution in [2.24, 2.45) is 0 Å². The highest BCUT2D eigenvalue weighted by Crippen LogP contribution is 2.41. The Bertz CT molecular complexity index is 2980. The van der Waals surface area contributed by atoms with E-state index in [-0.39, 0.29) is 0 Å².